The molecule has 26 heavy (non-hydrogen) atoms. The molecule has 3 rings (SSSR count). The minimum atomic E-state index is -0.416. The topological polar surface area (TPSA) is 111 Å². The highest BCUT2D eigenvalue weighted by molar-refractivity contribution is 5.61. The van der Waals surface area contributed by atoms with Crippen LogP contribution in [0.5, 0.6) is 0 Å². The van der Waals surface area contributed by atoms with Crippen LogP contribution in [0.15, 0.2) is 0 Å². The molecule has 1 aromatic heterocycles. The molecule has 2 N–H and O–H groups in total. The standard InChI is InChI=1S/C17H27N5O4/c1-10-15(22(23)24)16(19-11-4-6-13(8-11)25-2)21-17(18-10)20-12-5-7-14(9-12)26-3/h11-14H,4-9H2,1-3H3,(H2,18,19,20,21). The Balaban J connectivity index is 1.77. The van der Waals surface area contributed by atoms with E-state index in [1.807, 2.05) is 0 Å². The van der Waals surface area contributed by atoms with Crippen LogP contribution >= 0.6 is 0 Å². The summed E-state index contributed by atoms with van der Waals surface area (Å²) in [6, 6.07) is 0.336. The van der Waals surface area contributed by atoms with E-state index in [1.165, 1.54) is 0 Å². The number of nitro groups is 1. The summed E-state index contributed by atoms with van der Waals surface area (Å²) in [4.78, 5) is 19.8. The van der Waals surface area contributed by atoms with Gasteiger partial charge in [0.05, 0.1) is 17.1 Å². The summed E-state index contributed by atoms with van der Waals surface area (Å²) >= 11 is 0. The molecule has 1 aromatic rings. The summed E-state index contributed by atoms with van der Waals surface area (Å²) in [5.41, 5.74) is 0.301. The molecule has 9 nitrogen and oxygen atoms in total. The lowest BCUT2D eigenvalue weighted by Crippen LogP contribution is -2.22. The highest BCUT2D eigenvalue weighted by Gasteiger charge is 2.30. The van der Waals surface area contributed by atoms with Crippen molar-refractivity contribution in [2.75, 3.05) is 24.9 Å². The van der Waals surface area contributed by atoms with Gasteiger partial charge in [-0.15, -0.1) is 0 Å². The maximum absolute atomic E-state index is 11.5. The smallest absolute Gasteiger partial charge is 0.332 e. The number of methoxy groups -OCH3 is 2. The van der Waals surface area contributed by atoms with Crippen molar-refractivity contribution >= 4 is 17.5 Å². The minimum Gasteiger partial charge on any atom is -0.381 e. The molecule has 4 atom stereocenters. The molecule has 1 heterocycles. The number of nitrogens with zero attached hydrogens (tertiary/aromatic N) is 3. The monoisotopic (exact) mass is 365 g/mol. The highest BCUT2D eigenvalue weighted by Crippen LogP contribution is 2.32. The third-order valence-corrected chi connectivity index (χ3v) is 5.35. The van der Waals surface area contributed by atoms with Crippen LogP contribution in [0.3, 0.4) is 0 Å². The molecule has 0 saturated heterocycles. The van der Waals surface area contributed by atoms with Crippen molar-refractivity contribution in [3.63, 3.8) is 0 Å². The second-order valence-corrected chi connectivity index (χ2v) is 7.11. The van der Waals surface area contributed by atoms with Crippen LogP contribution in [-0.2, 0) is 9.47 Å². The molecule has 0 spiro atoms. The van der Waals surface area contributed by atoms with Gasteiger partial charge in [0.15, 0.2) is 0 Å². The highest BCUT2D eigenvalue weighted by atomic mass is 16.6. The zero-order valence-corrected chi connectivity index (χ0v) is 15.5. The maximum Gasteiger partial charge on any atom is 0.332 e. The van der Waals surface area contributed by atoms with Crippen LogP contribution in [-0.4, -0.2) is 53.4 Å². The summed E-state index contributed by atoms with van der Waals surface area (Å²) in [6.07, 6.45) is 5.95. The normalized spacial score (nSPS) is 28.3. The zero-order chi connectivity index (χ0) is 18.7. The van der Waals surface area contributed by atoms with Gasteiger partial charge in [-0.1, -0.05) is 0 Å². The molecule has 2 saturated carbocycles. The van der Waals surface area contributed by atoms with Crippen molar-refractivity contribution in [2.45, 2.75) is 69.7 Å². The third kappa shape index (κ3) is 4.21. The van der Waals surface area contributed by atoms with Crippen molar-refractivity contribution in [3.05, 3.63) is 15.8 Å². The molecule has 2 fully saturated rings. The lowest BCUT2D eigenvalue weighted by atomic mass is 10.2. The summed E-state index contributed by atoms with van der Waals surface area (Å²) < 4.78 is 10.8. The number of rotatable bonds is 7. The minimum absolute atomic E-state index is 0.0578. The average molecular weight is 365 g/mol. The van der Waals surface area contributed by atoms with E-state index in [2.05, 4.69) is 20.6 Å². The van der Waals surface area contributed by atoms with Crippen LogP contribution < -0.4 is 10.6 Å². The Labute approximate surface area is 153 Å². The average Bonchev–Trinajstić information content (AvgIpc) is 3.23. The second-order valence-electron chi connectivity index (χ2n) is 7.11. The zero-order valence-electron chi connectivity index (χ0n) is 15.5. The molecule has 2 aliphatic rings. The first kappa shape index (κ1) is 18.8. The number of hydrogen-bond donors (Lipinski definition) is 2. The Hall–Kier alpha value is -2.00. The Morgan fingerprint density at radius 3 is 2.08 bits per heavy atom. The van der Waals surface area contributed by atoms with Crippen molar-refractivity contribution in [1.82, 2.24) is 9.97 Å². The Bertz CT molecular complexity index is 656. The third-order valence-electron chi connectivity index (χ3n) is 5.35. The number of anilines is 2. The van der Waals surface area contributed by atoms with Gasteiger partial charge in [0, 0.05) is 26.3 Å². The molecule has 0 bridgehead atoms. The van der Waals surface area contributed by atoms with Gasteiger partial charge in [0.25, 0.3) is 0 Å². The molecule has 0 aromatic carbocycles. The molecular formula is C17H27N5O4. The molecule has 2 aliphatic carbocycles. The number of ether oxygens (including phenoxy) is 2. The number of aryl methyl sites for hydroxylation is 1. The Morgan fingerprint density at radius 1 is 1.00 bits per heavy atom. The molecule has 144 valence electrons. The van der Waals surface area contributed by atoms with Crippen LogP contribution in [0.1, 0.15) is 44.2 Å². The van der Waals surface area contributed by atoms with Crippen LogP contribution in [0.2, 0.25) is 0 Å². The van der Waals surface area contributed by atoms with Gasteiger partial charge in [0.1, 0.15) is 5.69 Å². The summed E-state index contributed by atoms with van der Waals surface area (Å²) in [5.74, 6) is 0.715. The summed E-state index contributed by atoms with van der Waals surface area (Å²) in [7, 11) is 3.41. The van der Waals surface area contributed by atoms with Crippen LogP contribution in [0, 0.1) is 17.0 Å². The van der Waals surface area contributed by atoms with Crippen LogP contribution in [0.25, 0.3) is 0 Å². The SMILES string of the molecule is COC1CCC(Nc2nc(C)c([N+](=O)[O-])c(NC3CCC(OC)C3)n2)C1. The fraction of sp³-hybridized carbons (Fsp3) is 0.765. The van der Waals surface area contributed by atoms with Gasteiger partial charge < -0.3 is 20.1 Å². The van der Waals surface area contributed by atoms with Gasteiger partial charge >= 0.3 is 5.69 Å². The van der Waals surface area contributed by atoms with E-state index in [0.717, 1.165) is 38.5 Å². The molecule has 9 heteroatoms. The lowest BCUT2D eigenvalue weighted by Gasteiger charge is -2.17. The first-order chi connectivity index (χ1) is 12.5. The van der Waals surface area contributed by atoms with Crippen molar-refractivity contribution in [3.8, 4) is 0 Å². The van der Waals surface area contributed by atoms with E-state index in [1.54, 1.807) is 21.1 Å². The molecule has 0 amide bonds. The Morgan fingerprint density at radius 2 is 1.58 bits per heavy atom. The summed E-state index contributed by atoms with van der Waals surface area (Å²) in [6.45, 7) is 1.65. The van der Waals surface area contributed by atoms with E-state index < -0.39 is 4.92 Å². The summed E-state index contributed by atoms with van der Waals surface area (Å²) in [5, 5.41) is 18.1. The Kier molecular flexibility index (Phi) is 5.87. The van der Waals surface area contributed by atoms with Crippen LogP contribution in [0.4, 0.5) is 17.5 Å². The molecule has 4 unspecified atom stereocenters. The fourth-order valence-corrected chi connectivity index (χ4v) is 3.90. The number of hydrogen-bond acceptors (Lipinski definition) is 8. The van der Waals surface area contributed by atoms with Gasteiger partial charge in [-0.25, -0.2) is 4.98 Å². The second kappa shape index (κ2) is 8.13. The van der Waals surface area contributed by atoms with Gasteiger partial charge in [-0.2, -0.15) is 4.98 Å². The number of aromatic nitrogens is 2. The first-order valence-corrected chi connectivity index (χ1v) is 9.11. The van der Waals surface area contributed by atoms with Crippen molar-refractivity contribution < 1.29 is 14.4 Å². The van der Waals surface area contributed by atoms with Gasteiger partial charge in [-0.05, 0) is 45.4 Å². The fourth-order valence-electron chi connectivity index (χ4n) is 3.90. The quantitative estimate of drug-likeness (QED) is 0.560. The largest absolute Gasteiger partial charge is 0.381 e. The van der Waals surface area contributed by atoms with Gasteiger partial charge in [0.2, 0.25) is 11.8 Å². The maximum atomic E-state index is 11.5. The molecule has 0 aliphatic heterocycles. The number of nitrogens with one attached hydrogen (secondary N) is 2. The van der Waals surface area contributed by atoms with E-state index in [0.29, 0.717) is 11.6 Å². The lowest BCUT2D eigenvalue weighted by molar-refractivity contribution is -0.385. The molecular weight excluding hydrogens is 338 g/mol. The van der Waals surface area contributed by atoms with Gasteiger partial charge in [-0.3, -0.25) is 10.1 Å². The molecule has 0 radical (unpaired) electrons. The van der Waals surface area contributed by atoms with E-state index >= 15 is 0 Å². The predicted molar refractivity (Wildman–Crippen MR) is 97.5 cm³/mol. The predicted octanol–water partition coefficient (Wildman–Crippen LogP) is 2.65. The van der Waals surface area contributed by atoms with E-state index in [4.69, 9.17) is 9.47 Å². The van der Waals surface area contributed by atoms with E-state index in [-0.39, 0.29) is 35.8 Å². The van der Waals surface area contributed by atoms with Crippen molar-refractivity contribution in [1.29, 1.82) is 0 Å². The van der Waals surface area contributed by atoms with Crippen molar-refractivity contribution in [2.24, 2.45) is 0 Å². The van der Waals surface area contributed by atoms with E-state index in [9.17, 15) is 10.1 Å². The first-order valence-electron chi connectivity index (χ1n) is 9.11.